The van der Waals surface area contributed by atoms with Gasteiger partial charge < -0.3 is 9.47 Å². The van der Waals surface area contributed by atoms with Gasteiger partial charge in [-0.1, -0.05) is 69.7 Å². The summed E-state index contributed by atoms with van der Waals surface area (Å²) in [4.78, 5) is 11.0. The van der Waals surface area contributed by atoms with Gasteiger partial charge in [-0.25, -0.2) is 0 Å². The van der Waals surface area contributed by atoms with Crippen molar-refractivity contribution in [3.8, 4) is 22.6 Å². The number of hydrogen-bond acceptors (Lipinski definition) is 3. The number of hydrogen-bond donors (Lipinski definition) is 0. The lowest BCUT2D eigenvalue weighted by Gasteiger charge is -2.06. The van der Waals surface area contributed by atoms with Crippen molar-refractivity contribution in [2.45, 2.75) is 65.2 Å². The summed E-state index contributed by atoms with van der Waals surface area (Å²) < 4.78 is 10.7. The second-order valence-electron chi connectivity index (χ2n) is 7.04. The lowest BCUT2D eigenvalue weighted by atomic mass is 10.1. The van der Waals surface area contributed by atoms with E-state index in [0.717, 1.165) is 23.3 Å². The molecular formula is C25H32O3. The van der Waals surface area contributed by atoms with Gasteiger partial charge in [0.1, 0.15) is 11.5 Å². The van der Waals surface area contributed by atoms with E-state index in [0.29, 0.717) is 5.75 Å². The van der Waals surface area contributed by atoms with Crippen molar-refractivity contribution in [1.29, 1.82) is 0 Å². The molecule has 3 nitrogen and oxygen atoms in total. The number of carbonyl (C=O) groups excluding carboxylic acids is 1. The normalized spacial score (nSPS) is 10.9. The van der Waals surface area contributed by atoms with Gasteiger partial charge in [-0.15, -0.1) is 0 Å². The minimum absolute atomic E-state index is 0.311. The number of benzene rings is 2. The zero-order chi connectivity index (χ0) is 20.0. The molecule has 0 aliphatic carbocycles. The number of carbonyl (C=O) groups is 1. The fourth-order valence-corrected chi connectivity index (χ4v) is 3.02. The smallest absolute Gasteiger partial charge is 0.308 e. The van der Waals surface area contributed by atoms with Gasteiger partial charge in [0.25, 0.3) is 0 Å². The van der Waals surface area contributed by atoms with Gasteiger partial charge in [-0.3, -0.25) is 4.79 Å². The molecule has 0 aliphatic heterocycles. The lowest BCUT2D eigenvalue weighted by Crippen LogP contribution is -2.00. The summed E-state index contributed by atoms with van der Waals surface area (Å²) in [7, 11) is 0. The summed E-state index contributed by atoms with van der Waals surface area (Å²) >= 11 is 0. The SMILES string of the molecule is CCCCCCCCCC=COc1ccc(-c2ccc(OC(C)=O)cc2)cc1. The molecule has 0 heterocycles. The van der Waals surface area contributed by atoms with Crippen LogP contribution in [0.3, 0.4) is 0 Å². The Kier molecular flexibility index (Phi) is 9.92. The lowest BCUT2D eigenvalue weighted by molar-refractivity contribution is -0.131. The molecule has 0 amide bonds. The average Bonchev–Trinajstić information content (AvgIpc) is 2.70. The Labute approximate surface area is 169 Å². The Morgan fingerprint density at radius 3 is 1.89 bits per heavy atom. The molecule has 3 heteroatoms. The van der Waals surface area contributed by atoms with Gasteiger partial charge in [-0.2, -0.15) is 0 Å². The Bertz CT molecular complexity index is 714. The summed E-state index contributed by atoms with van der Waals surface area (Å²) in [5.41, 5.74) is 2.16. The van der Waals surface area contributed by atoms with Crippen molar-refractivity contribution in [2.24, 2.45) is 0 Å². The van der Waals surface area contributed by atoms with Crippen molar-refractivity contribution < 1.29 is 14.3 Å². The van der Waals surface area contributed by atoms with Crippen molar-refractivity contribution in [3.63, 3.8) is 0 Å². The number of ether oxygens (including phenoxy) is 2. The number of rotatable bonds is 12. The molecule has 0 atom stereocenters. The van der Waals surface area contributed by atoms with Gasteiger partial charge in [0.2, 0.25) is 0 Å². The fraction of sp³-hybridized carbons (Fsp3) is 0.400. The molecular weight excluding hydrogens is 348 g/mol. The van der Waals surface area contributed by atoms with Crippen LogP contribution >= 0.6 is 0 Å². The first-order chi connectivity index (χ1) is 13.7. The van der Waals surface area contributed by atoms with Gasteiger partial charge in [0.15, 0.2) is 0 Å². The fourth-order valence-electron chi connectivity index (χ4n) is 3.02. The highest BCUT2D eigenvalue weighted by Gasteiger charge is 2.01. The van der Waals surface area contributed by atoms with E-state index in [4.69, 9.17) is 9.47 Å². The zero-order valence-corrected chi connectivity index (χ0v) is 17.2. The van der Waals surface area contributed by atoms with E-state index in [1.54, 1.807) is 18.4 Å². The molecule has 150 valence electrons. The third-order valence-corrected chi connectivity index (χ3v) is 4.58. The molecule has 28 heavy (non-hydrogen) atoms. The van der Waals surface area contributed by atoms with E-state index in [1.165, 1.54) is 51.9 Å². The molecule has 0 N–H and O–H groups in total. The first-order valence-corrected chi connectivity index (χ1v) is 10.4. The monoisotopic (exact) mass is 380 g/mol. The van der Waals surface area contributed by atoms with Crippen LogP contribution in [-0.2, 0) is 4.79 Å². The number of unbranched alkanes of at least 4 members (excludes halogenated alkanes) is 7. The van der Waals surface area contributed by atoms with E-state index in [-0.39, 0.29) is 5.97 Å². The van der Waals surface area contributed by atoms with Crippen molar-refractivity contribution in [2.75, 3.05) is 0 Å². The molecule has 0 aromatic heterocycles. The predicted octanol–water partition coefficient (Wildman–Crippen LogP) is 7.31. The van der Waals surface area contributed by atoms with Crippen molar-refractivity contribution >= 4 is 5.97 Å². The standard InChI is InChI=1S/C25H32O3/c1-3-4-5-6-7-8-9-10-11-20-27-24-16-12-22(13-17-24)23-14-18-25(19-15-23)28-21(2)26/h11-20H,3-10H2,1-2H3. The van der Waals surface area contributed by atoms with Crippen LogP contribution in [0, 0.1) is 0 Å². The maximum absolute atomic E-state index is 11.0. The van der Waals surface area contributed by atoms with Crippen molar-refractivity contribution in [3.05, 3.63) is 60.9 Å². The quantitative estimate of drug-likeness (QED) is 0.167. The molecule has 0 radical (unpaired) electrons. The highest BCUT2D eigenvalue weighted by atomic mass is 16.5. The molecule has 0 bridgehead atoms. The summed E-state index contributed by atoms with van der Waals surface area (Å²) in [6.45, 7) is 3.65. The van der Waals surface area contributed by atoms with Crippen LogP contribution in [0.15, 0.2) is 60.9 Å². The van der Waals surface area contributed by atoms with E-state index in [9.17, 15) is 4.79 Å². The van der Waals surface area contributed by atoms with Gasteiger partial charge in [0, 0.05) is 6.92 Å². The summed E-state index contributed by atoms with van der Waals surface area (Å²) in [5, 5.41) is 0. The first kappa shape index (κ1) is 21.7. The Morgan fingerprint density at radius 2 is 1.32 bits per heavy atom. The Morgan fingerprint density at radius 1 is 0.786 bits per heavy atom. The third kappa shape index (κ3) is 8.43. The van der Waals surface area contributed by atoms with Crippen LogP contribution in [0.4, 0.5) is 0 Å². The first-order valence-electron chi connectivity index (χ1n) is 10.4. The molecule has 0 saturated heterocycles. The van der Waals surface area contributed by atoms with E-state index in [1.807, 2.05) is 36.4 Å². The minimum Gasteiger partial charge on any atom is -0.465 e. The Hall–Kier alpha value is -2.55. The predicted molar refractivity (Wildman–Crippen MR) is 116 cm³/mol. The second kappa shape index (κ2) is 12.8. The molecule has 0 unspecified atom stereocenters. The molecule has 2 aromatic carbocycles. The molecule has 0 spiro atoms. The van der Waals surface area contributed by atoms with Crippen molar-refractivity contribution in [1.82, 2.24) is 0 Å². The number of allylic oxidation sites excluding steroid dienone is 1. The van der Waals surface area contributed by atoms with Crippen LogP contribution in [0.25, 0.3) is 11.1 Å². The topological polar surface area (TPSA) is 35.5 Å². The Balaban J connectivity index is 1.70. The maximum atomic E-state index is 11.0. The third-order valence-electron chi connectivity index (χ3n) is 4.58. The molecule has 2 rings (SSSR count). The highest BCUT2D eigenvalue weighted by Crippen LogP contribution is 2.24. The summed E-state index contributed by atoms with van der Waals surface area (Å²) in [5.74, 6) is 1.08. The average molecular weight is 381 g/mol. The highest BCUT2D eigenvalue weighted by molar-refractivity contribution is 5.70. The molecule has 0 saturated carbocycles. The van der Waals surface area contributed by atoms with Crippen LogP contribution in [0.1, 0.15) is 65.2 Å². The van der Waals surface area contributed by atoms with Crippen LogP contribution in [-0.4, -0.2) is 5.97 Å². The number of esters is 1. The molecule has 0 fully saturated rings. The largest absolute Gasteiger partial charge is 0.465 e. The van der Waals surface area contributed by atoms with Gasteiger partial charge >= 0.3 is 5.97 Å². The van der Waals surface area contributed by atoms with Gasteiger partial charge in [-0.05, 0) is 54.3 Å². The minimum atomic E-state index is -0.311. The van der Waals surface area contributed by atoms with Crippen LogP contribution in [0.2, 0.25) is 0 Å². The van der Waals surface area contributed by atoms with E-state index >= 15 is 0 Å². The second-order valence-corrected chi connectivity index (χ2v) is 7.04. The summed E-state index contributed by atoms with van der Waals surface area (Å²) in [6, 6.07) is 15.5. The van der Waals surface area contributed by atoms with E-state index < -0.39 is 0 Å². The van der Waals surface area contributed by atoms with Gasteiger partial charge in [0.05, 0.1) is 6.26 Å². The van der Waals surface area contributed by atoms with Crippen LogP contribution in [0.5, 0.6) is 11.5 Å². The van der Waals surface area contributed by atoms with E-state index in [2.05, 4.69) is 13.0 Å². The molecule has 0 aliphatic rings. The summed E-state index contributed by atoms with van der Waals surface area (Å²) in [6.07, 6.45) is 14.3. The maximum Gasteiger partial charge on any atom is 0.308 e. The van der Waals surface area contributed by atoms with Crippen LogP contribution < -0.4 is 9.47 Å². The zero-order valence-electron chi connectivity index (χ0n) is 17.2. The molecule has 2 aromatic rings.